The number of hydrogen-bond acceptors (Lipinski definition) is 6. The van der Waals surface area contributed by atoms with Crippen molar-refractivity contribution >= 4 is 21.3 Å². The molecule has 2 atom stereocenters. The van der Waals surface area contributed by atoms with Crippen molar-refractivity contribution in [1.82, 2.24) is 4.72 Å². The summed E-state index contributed by atoms with van der Waals surface area (Å²) >= 11 is 0. The second kappa shape index (κ2) is 9.49. The Morgan fingerprint density at radius 3 is 2.16 bits per heavy atom. The van der Waals surface area contributed by atoms with Gasteiger partial charge in [0.1, 0.15) is 11.9 Å². The van der Waals surface area contributed by atoms with Crippen LogP contribution in [0.15, 0.2) is 106 Å². The first-order valence-electron chi connectivity index (χ1n) is 11.2. The van der Waals surface area contributed by atoms with E-state index in [-0.39, 0.29) is 10.6 Å². The van der Waals surface area contributed by atoms with E-state index in [1.165, 1.54) is 19.2 Å². The third-order valence-electron chi connectivity index (χ3n) is 5.82. The van der Waals surface area contributed by atoms with Crippen LogP contribution in [0, 0.1) is 0 Å². The minimum absolute atomic E-state index is 0.135. The number of nitrogens with zero attached hydrogens (tertiary/aromatic N) is 2. The molecule has 2 aliphatic rings. The molecule has 1 heterocycles. The molecule has 7 nitrogen and oxygen atoms in total. The summed E-state index contributed by atoms with van der Waals surface area (Å²) in [5.74, 6) is 0.791. The maximum Gasteiger partial charge on any atom is 0.573 e. The van der Waals surface area contributed by atoms with E-state index in [1.807, 2.05) is 59.5 Å². The predicted molar refractivity (Wildman–Crippen MR) is 133 cm³/mol. The molecule has 1 aliphatic heterocycles. The third-order valence-corrected chi connectivity index (χ3v) is 7.76. The van der Waals surface area contributed by atoms with Crippen LogP contribution in [0.5, 0.6) is 17.2 Å². The molecule has 2 N–H and O–H groups in total. The number of nitrogens with one attached hydrogen (secondary N) is 1. The summed E-state index contributed by atoms with van der Waals surface area (Å²) < 4.78 is 68.0. The van der Waals surface area contributed by atoms with Crippen molar-refractivity contribution in [3.8, 4) is 17.2 Å². The SMILES string of the molecule is CN=S(=O)(NC1=CCC=C(N2c3ccccc3Oc3ccccc32)[C@@H]1O)c1ccc(OC(F)(F)F)cc1. The Morgan fingerprint density at radius 1 is 1.00 bits per heavy atom. The molecule has 0 radical (unpaired) electrons. The first-order valence-corrected chi connectivity index (χ1v) is 12.7. The van der Waals surface area contributed by atoms with Gasteiger partial charge < -0.3 is 19.5 Å². The Kier molecular flexibility index (Phi) is 6.34. The van der Waals surface area contributed by atoms with Gasteiger partial charge in [-0.2, -0.15) is 0 Å². The maximum absolute atomic E-state index is 13.7. The summed E-state index contributed by atoms with van der Waals surface area (Å²) in [6.07, 6.45) is -2.06. The van der Waals surface area contributed by atoms with Crippen LogP contribution in [-0.4, -0.2) is 28.8 Å². The molecule has 192 valence electrons. The molecule has 37 heavy (non-hydrogen) atoms. The topological polar surface area (TPSA) is 83.4 Å². The molecule has 0 spiro atoms. The first-order chi connectivity index (χ1) is 17.7. The minimum Gasteiger partial charge on any atom is -0.453 e. The Labute approximate surface area is 211 Å². The maximum atomic E-state index is 13.7. The van der Waals surface area contributed by atoms with Gasteiger partial charge in [-0.05, 0) is 55.0 Å². The van der Waals surface area contributed by atoms with Gasteiger partial charge in [-0.1, -0.05) is 36.4 Å². The molecule has 11 heteroatoms. The number of ether oxygens (including phenoxy) is 2. The van der Waals surface area contributed by atoms with Crippen LogP contribution < -0.4 is 19.1 Å². The average molecular weight is 530 g/mol. The Bertz CT molecular complexity index is 1460. The standard InChI is InChI=1S/C26H22F3N3O4S/c1-30-37(34,18-15-13-17(14-16-18)36-26(27,28)29)31-19-7-6-10-22(25(19)33)32-20-8-2-4-11-23(20)35-24-12-5-3-9-21(24)32/h2-5,7-16,25,33H,6H2,1H3,(H,30,31,34)/t25-,37?/m1/s1. The number of anilines is 2. The van der Waals surface area contributed by atoms with Gasteiger partial charge in [0.2, 0.25) is 0 Å². The van der Waals surface area contributed by atoms with Gasteiger partial charge in [0.25, 0.3) is 0 Å². The monoisotopic (exact) mass is 529 g/mol. The number of rotatable bonds is 5. The number of alkyl halides is 3. The third kappa shape index (κ3) is 4.87. The van der Waals surface area contributed by atoms with Crippen molar-refractivity contribution in [1.29, 1.82) is 0 Å². The van der Waals surface area contributed by atoms with E-state index in [0.29, 0.717) is 23.6 Å². The quantitative estimate of drug-likeness (QED) is 0.422. The van der Waals surface area contributed by atoms with Crippen LogP contribution in [0.3, 0.4) is 0 Å². The Balaban J connectivity index is 1.44. The highest BCUT2D eigenvalue weighted by Gasteiger charge is 2.34. The second-order valence-corrected chi connectivity index (χ2v) is 10.2. The molecular weight excluding hydrogens is 507 g/mol. The lowest BCUT2D eigenvalue weighted by molar-refractivity contribution is -0.274. The normalized spacial score (nSPS) is 18.3. The molecule has 0 bridgehead atoms. The zero-order chi connectivity index (χ0) is 26.2. The van der Waals surface area contributed by atoms with Crippen molar-refractivity contribution in [2.45, 2.75) is 23.8 Å². The van der Waals surface area contributed by atoms with Gasteiger partial charge >= 0.3 is 6.36 Å². The highest BCUT2D eigenvalue weighted by atomic mass is 32.2. The van der Waals surface area contributed by atoms with Crippen molar-refractivity contribution in [3.05, 3.63) is 96.3 Å². The van der Waals surface area contributed by atoms with Gasteiger partial charge in [0.15, 0.2) is 21.4 Å². The molecule has 0 saturated heterocycles. The molecule has 0 saturated carbocycles. The lowest BCUT2D eigenvalue weighted by Crippen LogP contribution is -2.37. The van der Waals surface area contributed by atoms with Crippen molar-refractivity contribution in [3.63, 3.8) is 0 Å². The number of aliphatic hydroxyl groups excluding tert-OH is 1. The molecular formula is C26H22F3N3O4S. The molecule has 3 aromatic rings. The van der Waals surface area contributed by atoms with Gasteiger partial charge in [-0.3, -0.25) is 4.72 Å². The minimum atomic E-state index is -4.84. The zero-order valence-corrected chi connectivity index (χ0v) is 20.3. The van der Waals surface area contributed by atoms with Gasteiger partial charge in [0, 0.05) is 7.05 Å². The summed E-state index contributed by atoms with van der Waals surface area (Å²) in [7, 11) is -2.00. The first kappa shape index (κ1) is 24.7. The van der Waals surface area contributed by atoms with E-state index in [4.69, 9.17) is 4.74 Å². The van der Waals surface area contributed by atoms with Gasteiger partial charge in [-0.15, -0.1) is 13.2 Å². The molecule has 0 aromatic heterocycles. The fraction of sp³-hybridized carbons (Fsp3) is 0.154. The van der Waals surface area contributed by atoms with Gasteiger partial charge in [0.05, 0.1) is 27.7 Å². The fourth-order valence-electron chi connectivity index (χ4n) is 4.18. The number of allylic oxidation sites excluding steroid dienone is 2. The summed E-state index contributed by atoms with van der Waals surface area (Å²) in [5.41, 5.74) is 2.24. The van der Waals surface area contributed by atoms with Crippen LogP contribution in [0.4, 0.5) is 24.5 Å². The predicted octanol–water partition coefficient (Wildman–Crippen LogP) is 6.02. The molecule has 0 amide bonds. The van der Waals surface area contributed by atoms with E-state index < -0.39 is 28.1 Å². The lowest BCUT2D eigenvalue weighted by atomic mass is 10.0. The molecule has 0 fully saturated rings. The summed E-state index contributed by atoms with van der Waals surface area (Å²) in [6, 6.07) is 19.5. The summed E-state index contributed by atoms with van der Waals surface area (Å²) in [4.78, 5) is 2.03. The van der Waals surface area contributed by atoms with Crippen molar-refractivity contribution in [2.24, 2.45) is 4.36 Å². The van der Waals surface area contributed by atoms with E-state index in [9.17, 15) is 22.5 Å². The van der Waals surface area contributed by atoms with Crippen LogP contribution >= 0.6 is 0 Å². The number of para-hydroxylation sites is 4. The van der Waals surface area contributed by atoms with Crippen LogP contribution in [0.2, 0.25) is 0 Å². The molecule has 3 aromatic carbocycles. The van der Waals surface area contributed by atoms with E-state index in [1.54, 1.807) is 6.08 Å². The molecule has 1 aliphatic carbocycles. The number of hydrogen-bond donors (Lipinski definition) is 2. The van der Waals surface area contributed by atoms with Crippen LogP contribution in [-0.2, 0) is 9.92 Å². The molecule has 1 unspecified atom stereocenters. The van der Waals surface area contributed by atoms with Crippen molar-refractivity contribution < 1.29 is 32.0 Å². The van der Waals surface area contributed by atoms with Crippen molar-refractivity contribution in [2.75, 3.05) is 11.9 Å². The number of benzene rings is 3. The second-order valence-electron chi connectivity index (χ2n) is 8.13. The summed E-state index contributed by atoms with van der Waals surface area (Å²) in [6.45, 7) is 0. The lowest BCUT2D eigenvalue weighted by Gasteiger charge is -2.37. The van der Waals surface area contributed by atoms with Crippen LogP contribution in [0.1, 0.15) is 6.42 Å². The van der Waals surface area contributed by atoms with E-state index in [2.05, 4.69) is 13.8 Å². The van der Waals surface area contributed by atoms with Crippen LogP contribution in [0.25, 0.3) is 0 Å². The largest absolute Gasteiger partial charge is 0.573 e. The smallest absolute Gasteiger partial charge is 0.453 e. The zero-order valence-electron chi connectivity index (χ0n) is 19.5. The number of aliphatic hydroxyl groups is 1. The van der Waals surface area contributed by atoms with Gasteiger partial charge in [-0.25, -0.2) is 8.57 Å². The average Bonchev–Trinajstić information content (AvgIpc) is 2.88. The van der Waals surface area contributed by atoms with E-state index >= 15 is 0 Å². The highest BCUT2D eigenvalue weighted by molar-refractivity contribution is 7.91. The Morgan fingerprint density at radius 2 is 1.59 bits per heavy atom. The summed E-state index contributed by atoms with van der Waals surface area (Å²) in [5, 5.41) is 11.4. The fourth-order valence-corrected chi connectivity index (χ4v) is 5.62. The Hall–Kier alpha value is -3.96. The number of fused-ring (bicyclic) bond motifs is 2. The highest BCUT2D eigenvalue weighted by Crippen LogP contribution is 2.49. The molecule has 5 rings (SSSR count). The van der Waals surface area contributed by atoms with E-state index in [0.717, 1.165) is 23.5 Å². The number of halogens is 3.